The van der Waals surface area contributed by atoms with Crippen LogP contribution >= 0.6 is 0 Å². The van der Waals surface area contributed by atoms with E-state index in [1.54, 1.807) is 6.92 Å². The standard InChI is InChI=1S/C18H22N2O5/c1-12(17(23)20-9-5-8-15(20)18(24)25)19-14(11-16(21)22)10-13-6-3-2-4-7-13/h2-4,6-7,11-12,15,19H,5,8-10H2,1H3,(H,21,22)(H,24,25)/t12-,15-/m0/s1. The molecule has 2 rings (SSSR count). The summed E-state index contributed by atoms with van der Waals surface area (Å²) in [6.07, 6.45) is 2.47. The van der Waals surface area contributed by atoms with Gasteiger partial charge in [0.2, 0.25) is 5.91 Å². The summed E-state index contributed by atoms with van der Waals surface area (Å²) >= 11 is 0. The first-order valence-corrected chi connectivity index (χ1v) is 8.15. The van der Waals surface area contributed by atoms with Gasteiger partial charge in [-0.25, -0.2) is 9.59 Å². The normalized spacial score (nSPS) is 18.7. The third-order valence-corrected chi connectivity index (χ3v) is 4.13. The number of aliphatic carboxylic acids is 2. The van der Waals surface area contributed by atoms with E-state index in [4.69, 9.17) is 5.11 Å². The highest BCUT2D eigenvalue weighted by molar-refractivity contribution is 5.87. The molecule has 2 atom stereocenters. The summed E-state index contributed by atoms with van der Waals surface area (Å²) in [6, 6.07) is 7.78. The minimum atomic E-state index is -1.11. The molecule has 0 saturated carbocycles. The first-order valence-electron chi connectivity index (χ1n) is 8.15. The van der Waals surface area contributed by atoms with Crippen molar-refractivity contribution < 1.29 is 24.6 Å². The van der Waals surface area contributed by atoms with Gasteiger partial charge in [-0.3, -0.25) is 4.79 Å². The second-order valence-electron chi connectivity index (χ2n) is 6.06. The molecule has 1 aliphatic heterocycles. The van der Waals surface area contributed by atoms with Crippen molar-refractivity contribution in [3.8, 4) is 0 Å². The lowest BCUT2D eigenvalue weighted by Gasteiger charge is -2.26. The zero-order chi connectivity index (χ0) is 18.4. The van der Waals surface area contributed by atoms with Gasteiger partial charge in [0.1, 0.15) is 12.1 Å². The van der Waals surface area contributed by atoms with Crippen LogP contribution in [0.25, 0.3) is 0 Å². The number of benzene rings is 1. The monoisotopic (exact) mass is 346 g/mol. The summed E-state index contributed by atoms with van der Waals surface area (Å²) in [4.78, 5) is 36.2. The van der Waals surface area contributed by atoms with E-state index in [0.717, 1.165) is 11.6 Å². The van der Waals surface area contributed by atoms with Crippen LogP contribution in [0.1, 0.15) is 25.3 Å². The van der Waals surface area contributed by atoms with Gasteiger partial charge >= 0.3 is 11.9 Å². The molecule has 7 heteroatoms. The predicted octanol–water partition coefficient (Wildman–Crippen LogP) is 1.25. The Hall–Kier alpha value is -2.83. The van der Waals surface area contributed by atoms with Crippen LogP contribution in [-0.2, 0) is 20.8 Å². The number of allylic oxidation sites excluding steroid dienone is 1. The molecule has 25 heavy (non-hydrogen) atoms. The highest BCUT2D eigenvalue weighted by atomic mass is 16.4. The second kappa shape index (κ2) is 8.32. The van der Waals surface area contributed by atoms with Crippen molar-refractivity contribution >= 4 is 17.8 Å². The quantitative estimate of drug-likeness (QED) is 0.642. The SMILES string of the molecule is C[C@H](NC(=CC(=O)O)Cc1ccccc1)C(=O)N1CCC[C@H]1C(=O)O. The zero-order valence-corrected chi connectivity index (χ0v) is 14.0. The van der Waals surface area contributed by atoms with E-state index in [2.05, 4.69) is 5.32 Å². The van der Waals surface area contributed by atoms with Crippen LogP contribution in [0.3, 0.4) is 0 Å². The van der Waals surface area contributed by atoms with Crippen LogP contribution < -0.4 is 5.32 Å². The van der Waals surface area contributed by atoms with E-state index in [9.17, 15) is 19.5 Å². The number of nitrogens with one attached hydrogen (secondary N) is 1. The molecule has 0 radical (unpaired) electrons. The molecule has 1 saturated heterocycles. The molecule has 1 aliphatic rings. The Balaban J connectivity index is 2.08. The largest absolute Gasteiger partial charge is 0.480 e. The van der Waals surface area contributed by atoms with Crippen molar-refractivity contribution in [1.29, 1.82) is 0 Å². The van der Waals surface area contributed by atoms with Gasteiger partial charge in [0.25, 0.3) is 0 Å². The number of rotatable bonds is 7. The molecule has 1 aromatic rings. The van der Waals surface area contributed by atoms with Crippen LogP contribution in [0.2, 0.25) is 0 Å². The van der Waals surface area contributed by atoms with Crippen LogP contribution in [0.5, 0.6) is 0 Å². The number of hydrogen-bond acceptors (Lipinski definition) is 4. The van der Waals surface area contributed by atoms with Gasteiger partial charge in [-0.15, -0.1) is 0 Å². The van der Waals surface area contributed by atoms with Crippen molar-refractivity contribution in [3.05, 3.63) is 47.7 Å². The number of carboxylic acid groups (broad SMARTS) is 2. The Morgan fingerprint density at radius 2 is 1.96 bits per heavy atom. The maximum atomic E-state index is 12.6. The summed E-state index contributed by atoms with van der Waals surface area (Å²) in [6.45, 7) is 2.01. The number of carbonyl (C=O) groups excluding carboxylic acids is 1. The average Bonchev–Trinajstić information content (AvgIpc) is 3.04. The Bertz CT molecular complexity index is 671. The molecule has 0 aliphatic carbocycles. The molecule has 0 unspecified atom stereocenters. The number of carboxylic acids is 2. The minimum absolute atomic E-state index is 0.339. The van der Waals surface area contributed by atoms with Crippen molar-refractivity contribution in [2.75, 3.05) is 6.54 Å². The van der Waals surface area contributed by atoms with Gasteiger partial charge in [0.05, 0.1) is 0 Å². The molecular weight excluding hydrogens is 324 g/mol. The Morgan fingerprint density at radius 3 is 2.56 bits per heavy atom. The summed E-state index contributed by atoms with van der Waals surface area (Å²) in [5.41, 5.74) is 1.30. The fourth-order valence-electron chi connectivity index (χ4n) is 2.98. The summed E-state index contributed by atoms with van der Waals surface area (Å²) in [5.74, 6) is -2.46. The van der Waals surface area contributed by atoms with E-state index in [1.165, 1.54) is 4.90 Å². The molecular formula is C18H22N2O5. The summed E-state index contributed by atoms with van der Waals surface area (Å²) in [7, 11) is 0. The van der Waals surface area contributed by atoms with Gasteiger partial charge in [0.15, 0.2) is 0 Å². The lowest BCUT2D eigenvalue weighted by Crippen LogP contribution is -2.49. The maximum Gasteiger partial charge on any atom is 0.330 e. The van der Waals surface area contributed by atoms with Gasteiger partial charge in [-0.2, -0.15) is 0 Å². The average molecular weight is 346 g/mol. The van der Waals surface area contributed by atoms with Crippen LogP contribution in [0.15, 0.2) is 42.1 Å². The second-order valence-corrected chi connectivity index (χ2v) is 6.06. The smallest absolute Gasteiger partial charge is 0.330 e. The van der Waals surface area contributed by atoms with E-state index in [0.29, 0.717) is 31.5 Å². The van der Waals surface area contributed by atoms with Gasteiger partial charge < -0.3 is 20.4 Å². The topological polar surface area (TPSA) is 107 Å². The number of hydrogen-bond donors (Lipinski definition) is 3. The highest BCUT2D eigenvalue weighted by Crippen LogP contribution is 2.19. The van der Waals surface area contributed by atoms with Crippen molar-refractivity contribution in [2.45, 2.75) is 38.3 Å². The van der Waals surface area contributed by atoms with Crippen molar-refractivity contribution in [3.63, 3.8) is 0 Å². The fourth-order valence-corrected chi connectivity index (χ4v) is 2.98. The first-order chi connectivity index (χ1) is 11.9. The molecule has 1 fully saturated rings. The molecule has 134 valence electrons. The Labute approximate surface area is 145 Å². The number of carbonyl (C=O) groups is 3. The Kier molecular flexibility index (Phi) is 6.16. The van der Waals surface area contributed by atoms with E-state index < -0.39 is 24.0 Å². The molecule has 1 heterocycles. The van der Waals surface area contributed by atoms with Gasteiger partial charge in [-0.05, 0) is 25.3 Å². The van der Waals surface area contributed by atoms with Crippen LogP contribution in [-0.4, -0.2) is 51.6 Å². The molecule has 1 amide bonds. The molecule has 3 N–H and O–H groups in total. The molecule has 1 aromatic carbocycles. The van der Waals surface area contributed by atoms with Crippen LogP contribution in [0.4, 0.5) is 0 Å². The van der Waals surface area contributed by atoms with Gasteiger partial charge in [-0.1, -0.05) is 30.3 Å². The number of nitrogens with zero attached hydrogens (tertiary/aromatic N) is 1. The van der Waals surface area contributed by atoms with Crippen LogP contribution in [0, 0.1) is 0 Å². The van der Waals surface area contributed by atoms with E-state index in [-0.39, 0.29) is 5.91 Å². The fraction of sp³-hybridized carbons (Fsp3) is 0.389. The maximum absolute atomic E-state index is 12.6. The molecule has 0 spiro atoms. The zero-order valence-electron chi connectivity index (χ0n) is 14.0. The summed E-state index contributed by atoms with van der Waals surface area (Å²) in [5, 5.41) is 21.2. The highest BCUT2D eigenvalue weighted by Gasteiger charge is 2.35. The molecule has 0 bridgehead atoms. The van der Waals surface area contributed by atoms with E-state index >= 15 is 0 Å². The van der Waals surface area contributed by atoms with E-state index in [1.807, 2.05) is 30.3 Å². The number of likely N-dealkylation sites (tertiary alicyclic amines) is 1. The summed E-state index contributed by atoms with van der Waals surface area (Å²) < 4.78 is 0. The third kappa shape index (κ3) is 5.07. The minimum Gasteiger partial charge on any atom is -0.480 e. The van der Waals surface area contributed by atoms with Crippen molar-refractivity contribution in [1.82, 2.24) is 10.2 Å². The first kappa shape index (κ1) is 18.5. The van der Waals surface area contributed by atoms with Crippen molar-refractivity contribution in [2.24, 2.45) is 0 Å². The lowest BCUT2D eigenvalue weighted by molar-refractivity contribution is -0.148. The number of amides is 1. The molecule has 0 aromatic heterocycles. The predicted molar refractivity (Wildman–Crippen MR) is 90.8 cm³/mol. The lowest BCUT2D eigenvalue weighted by atomic mass is 10.1. The third-order valence-electron chi connectivity index (χ3n) is 4.13. The molecule has 7 nitrogen and oxygen atoms in total. The van der Waals surface area contributed by atoms with Gasteiger partial charge in [0, 0.05) is 24.7 Å². The Morgan fingerprint density at radius 1 is 1.28 bits per heavy atom.